The van der Waals surface area contributed by atoms with Crippen molar-refractivity contribution in [1.82, 2.24) is 14.8 Å². The van der Waals surface area contributed by atoms with E-state index in [1.807, 2.05) is 0 Å². The number of aliphatic hydroxyl groups is 1. The lowest BCUT2D eigenvalue weighted by atomic mass is 9.95. The van der Waals surface area contributed by atoms with Gasteiger partial charge in [-0.2, -0.15) is 18.3 Å². The summed E-state index contributed by atoms with van der Waals surface area (Å²) >= 11 is 0. The van der Waals surface area contributed by atoms with Crippen molar-refractivity contribution < 1.29 is 27.8 Å². The third-order valence-corrected chi connectivity index (χ3v) is 4.45. The molecule has 2 heterocycles. The molecule has 2 N–H and O–H groups in total. The molecule has 30 heavy (non-hydrogen) atoms. The fourth-order valence-electron chi connectivity index (χ4n) is 3.03. The fraction of sp³-hybridized carbons (Fsp3) is 0.350. The van der Waals surface area contributed by atoms with Crippen molar-refractivity contribution in [3.05, 3.63) is 53.5 Å². The number of fused-ring (bicyclic) bond motifs is 1. The molecule has 0 aliphatic rings. The molecule has 0 atom stereocenters. The average molecular weight is 422 g/mol. The van der Waals surface area contributed by atoms with Gasteiger partial charge in [0.15, 0.2) is 0 Å². The van der Waals surface area contributed by atoms with Gasteiger partial charge in [-0.3, -0.25) is 14.5 Å². The molecule has 1 amide bonds. The Morgan fingerprint density at radius 3 is 2.63 bits per heavy atom. The molecule has 0 fully saturated rings. The summed E-state index contributed by atoms with van der Waals surface area (Å²) in [5.74, 6) is -1.03. The fourth-order valence-corrected chi connectivity index (χ4v) is 3.03. The zero-order valence-corrected chi connectivity index (χ0v) is 16.6. The predicted octanol–water partition coefficient (Wildman–Crippen LogP) is 3.58. The van der Waals surface area contributed by atoms with Crippen molar-refractivity contribution >= 4 is 22.5 Å². The summed E-state index contributed by atoms with van der Waals surface area (Å²) in [4.78, 5) is 16.3. The lowest BCUT2D eigenvalue weighted by molar-refractivity contribution is -0.138. The lowest BCUT2D eigenvalue weighted by Crippen LogP contribution is -2.23. The molecular weight excluding hydrogens is 401 g/mol. The van der Waals surface area contributed by atoms with Crippen molar-refractivity contribution in [2.45, 2.75) is 32.2 Å². The highest BCUT2D eigenvalue weighted by atomic mass is 19.4. The second-order valence-corrected chi connectivity index (χ2v) is 7.25. The number of methoxy groups -OCH3 is 1. The normalized spacial score (nSPS) is 12.4. The molecular formula is C20H21F3N4O3. The molecule has 10 heteroatoms. The molecule has 3 rings (SSSR count). The molecule has 0 bridgehead atoms. The third kappa shape index (κ3) is 4.60. The van der Waals surface area contributed by atoms with Crippen LogP contribution in [0.15, 0.2) is 36.7 Å². The number of nitrogens with zero attached hydrogens (tertiary/aromatic N) is 3. The van der Waals surface area contributed by atoms with Crippen LogP contribution in [0, 0.1) is 0 Å². The quantitative estimate of drug-likeness (QED) is 0.634. The molecule has 0 aliphatic carbocycles. The molecule has 3 aromatic rings. The van der Waals surface area contributed by atoms with Crippen molar-refractivity contribution in [2.75, 3.05) is 19.0 Å². The summed E-state index contributed by atoms with van der Waals surface area (Å²) in [6, 6.07) is 5.06. The maximum absolute atomic E-state index is 13.2. The minimum Gasteiger partial charge on any atom is -0.386 e. The lowest BCUT2D eigenvalue weighted by Gasteiger charge is -2.22. The monoisotopic (exact) mass is 422 g/mol. The number of nitrogens with one attached hydrogen (secondary N) is 1. The summed E-state index contributed by atoms with van der Waals surface area (Å²) in [6.45, 7) is 3.95. The highest BCUT2D eigenvalue weighted by molar-refractivity contribution is 6.05. The second kappa shape index (κ2) is 8.04. The number of hydrogen-bond donors (Lipinski definition) is 2. The number of ether oxygens (including phenoxy) is 1. The Labute approximate surface area is 170 Å². The van der Waals surface area contributed by atoms with Crippen molar-refractivity contribution in [2.24, 2.45) is 0 Å². The molecule has 0 unspecified atom stereocenters. The minimum absolute atomic E-state index is 0.171. The van der Waals surface area contributed by atoms with Gasteiger partial charge in [0.25, 0.3) is 5.91 Å². The van der Waals surface area contributed by atoms with Crippen LogP contribution in [-0.4, -0.2) is 39.5 Å². The molecule has 0 spiro atoms. The number of anilines is 1. The van der Waals surface area contributed by atoms with E-state index >= 15 is 0 Å². The first kappa shape index (κ1) is 21.7. The topological polar surface area (TPSA) is 89.3 Å². The molecule has 0 saturated heterocycles. The number of aromatic nitrogens is 3. The number of carbonyl (C=O) groups is 1. The molecule has 7 nitrogen and oxygen atoms in total. The van der Waals surface area contributed by atoms with E-state index in [0.717, 1.165) is 18.3 Å². The number of rotatable bonds is 6. The van der Waals surface area contributed by atoms with Gasteiger partial charge in [0, 0.05) is 36.1 Å². The van der Waals surface area contributed by atoms with E-state index in [4.69, 9.17) is 4.74 Å². The number of halogens is 3. The smallest absolute Gasteiger partial charge is 0.386 e. The third-order valence-electron chi connectivity index (χ3n) is 4.45. The maximum Gasteiger partial charge on any atom is 0.418 e. The summed E-state index contributed by atoms with van der Waals surface area (Å²) in [7, 11) is 1.57. The van der Waals surface area contributed by atoms with E-state index in [2.05, 4.69) is 15.4 Å². The number of carbonyl (C=O) groups excluding carboxylic acids is 1. The Morgan fingerprint density at radius 2 is 2.00 bits per heavy atom. The molecule has 2 aromatic heterocycles. The van der Waals surface area contributed by atoms with Crippen molar-refractivity contribution in [3.63, 3.8) is 0 Å². The number of hydrogen-bond acceptors (Lipinski definition) is 5. The summed E-state index contributed by atoms with van der Waals surface area (Å²) < 4.78 is 46.4. The summed E-state index contributed by atoms with van der Waals surface area (Å²) in [5, 5.41) is 18.1. The maximum atomic E-state index is 13.2. The second-order valence-electron chi connectivity index (χ2n) is 7.25. The van der Waals surface area contributed by atoms with Gasteiger partial charge >= 0.3 is 6.18 Å². The highest BCUT2D eigenvalue weighted by Crippen LogP contribution is 2.34. The SMILES string of the molecule is COCCn1cc2cc(NC(=O)c3ncccc3C(F)(F)F)c(C(C)(C)O)cc2n1. The Bertz CT molecular complexity index is 1070. The van der Waals surface area contributed by atoms with Gasteiger partial charge in [-0.1, -0.05) is 0 Å². The van der Waals surface area contributed by atoms with E-state index in [0.29, 0.717) is 29.6 Å². The van der Waals surface area contributed by atoms with E-state index in [1.54, 1.807) is 30.1 Å². The van der Waals surface area contributed by atoms with E-state index < -0.39 is 28.9 Å². The highest BCUT2D eigenvalue weighted by Gasteiger charge is 2.36. The van der Waals surface area contributed by atoms with Crippen LogP contribution in [0.3, 0.4) is 0 Å². The number of benzene rings is 1. The first-order chi connectivity index (χ1) is 14.0. The van der Waals surface area contributed by atoms with Crippen LogP contribution < -0.4 is 5.32 Å². The van der Waals surface area contributed by atoms with Crippen LogP contribution in [0.5, 0.6) is 0 Å². The first-order valence-electron chi connectivity index (χ1n) is 9.07. The molecule has 0 saturated carbocycles. The van der Waals surface area contributed by atoms with Crippen LogP contribution in [-0.2, 0) is 23.1 Å². The molecule has 1 aromatic carbocycles. The van der Waals surface area contributed by atoms with Crippen LogP contribution in [0.4, 0.5) is 18.9 Å². The largest absolute Gasteiger partial charge is 0.418 e. The van der Waals surface area contributed by atoms with Crippen LogP contribution in [0.1, 0.15) is 35.5 Å². The van der Waals surface area contributed by atoms with Crippen LogP contribution in [0.2, 0.25) is 0 Å². The predicted molar refractivity (Wildman–Crippen MR) is 104 cm³/mol. The van der Waals surface area contributed by atoms with E-state index in [1.165, 1.54) is 13.8 Å². The Balaban J connectivity index is 2.03. The van der Waals surface area contributed by atoms with E-state index in [9.17, 15) is 23.1 Å². The van der Waals surface area contributed by atoms with Gasteiger partial charge in [-0.05, 0) is 38.1 Å². The number of pyridine rings is 1. The Morgan fingerprint density at radius 1 is 1.27 bits per heavy atom. The molecule has 0 radical (unpaired) electrons. The molecule has 0 aliphatic heterocycles. The van der Waals surface area contributed by atoms with Crippen LogP contribution >= 0.6 is 0 Å². The van der Waals surface area contributed by atoms with Crippen molar-refractivity contribution in [1.29, 1.82) is 0 Å². The molecule has 160 valence electrons. The Hall–Kier alpha value is -2.98. The first-order valence-corrected chi connectivity index (χ1v) is 9.07. The van der Waals surface area contributed by atoms with Gasteiger partial charge in [0.1, 0.15) is 5.69 Å². The zero-order chi connectivity index (χ0) is 22.1. The number of alkyl halides is 3. The van der Waals surface area contributed by atoms with Crippen LogP contribution in [0.25, 0.3) is 10.9 Å². The summed E-state index contributed by atoms with van der Waals surface area (Å²) in [6.07, 6.45) is -1.89. The van der Waals surface area contributed by atoms with E-state index in [-0.39, 0.29) is 5.69 Å². The van der Waals surface area contributed by atoms with Gasteiger partial charge in [-0.25, -0.2) is 0 Å². The van der Waals surface area contributed by atoms with Gasteiger partial charge in [0.05, 0.1) is 29.8 Å². The Kier molecular flexibility index (Phi) is 5.82. The number of amides is 1. The summed E-state index contributed by atoms with van der Waals surface area (Å²) in [5.41, 5.74) is -2.22. The minimum atomic E-state index is -4.73. The van der Waals surface area contributed by atoms with Gasteiger partial charge in [-0.15, -0.1) is 0 Å². The zero-order valence-electron chi connectivity index (χ0n) is 16.6. The average Bonchev–Trinajstić information content (AvgIpc) is 3.06. The van der Waals surface area contributed by atoms with Gasteiger partial charge in [0.2, 0.25) is 0 Å². The van der Waals surface area contributed by atoms with Crippen molar-refractivity contribution in [3.8, 4) is 0 Å². The van der Waals surface area contributed by atoms with Gasteiger partial charge < -0.3 is 15.2 Å². The standard InChI is InChI=1S/C20H21F3N4O3/c1-19(2,29)14-10-15-12(11-27(26-15)7-8-30-3)9-16(14)25-18(28)17-13(20(21,22)23)5-4-6-24-17/h4-6,9-11,29H,7-8H2,1-3H3,(H,25,28).